The van der Waals surface area contributed by atoms with Crippen molar-refractivity contribution >= 4 is 45.0 Å². The van der Waals surface area contributed by atoms with E-state index in [9.17, 15) is 18.0 Å². The number of carbonyl (C=O) groups is 2. The Morgan fingerprint density at radius 1 is 1.33 bits per heavy atom. The van der Waals surface area contributed by atoms with Crippen molar-refractivity contribution in [3.05, 3.63) is 33.8 Å². The topological polar surface area (TPSA) is 83.6 Å². The highest BCUT2D eigenvalue weighted by Crippen LogP contribution is 2.32. The van der Waals surface area contributed by atoms with Gasteiger partial charge in [-0.15, -0.1) is 0 Å². The van der Waals surface area contributed by atoms with E-state index in [2.05, 4.69) is 0 Å². The van der Waals surface area contributed by atoms with Crippen LogP contribution in [0.4, 0.5) is 0 Å². The molecule has 24 heavy (non-hydrogen) atoms. The molecule has 1 fully saturated rings. The van der Waals surface area contributed by atoms with E-state index in [0.29, 0.717) is 28.6 Å². The number of nitrogens with one attached hydrogen (secondary N) is 1. The van der Waals surface area contributed by atoms with Crippen molar-refractivity contribution in [3.8, 4) is 0 Å². The zero-order chi connectivity index (χ0) is 18.1. The second-order valence-corrected chi connectivity index (χ2v) is 8.67. The summed E-state index contributed by atoms with van der Waals surface area (Å²) >= 11 is 11.9. The summed E-state index contributed by atoms with van der Waals surface area (Å²) in [4.78, 5) is 26.1. The van der Waals surface area contributed by atoms with E-state index in [1.54, 1.807) is 25.1 Å². The van der Waals surface area contributed by atoms with Crippen LogP contribution < -0.4 is 4.72 Å². The van der Waals surface area contributed by atoms with Gasteiger partial charge in [-0.2, -0.15) is 0 Å². The first-order valence-electron chi connectivity index (χ1n) is 7.38. The molecule has 0 saturated carbocycles. The largest absolute Gasteiger partial charge is 0.328 e. The minimum Gasteiger partial charge on any atom is -0.328 e. The van der Waals surface area contributed by atoms with Crippen LogP contribution in [0.25, 0.3) is 0 Å². The van der Waals surface area contributed by atoms with Gasteiger partial charge in [0, 0.05) is 16.6 Å². The Morgan fingerprint density at radius 3 is 2.50 bits per heavy atom. The Bertz CT molecular complexity index is 782. The van der Waals surface area contributed by atoms with Crippen molar-refractivity contribution in [1.29, 1.82) is 0 Å². The molecular weight excluding hydrogens is 375 g/mol. The third-order valence-electron chi connectivity index (χ3n) is 4.19. The van der Waals surface area contributed by atoms with E-state index in [1.165, 1.54) is 11.8 Å². The number of amides is 2. The minimum absolute atomic E-state index is 0.0133. The quantitative estimate of drug-likeness (QED) is 0.830. The van der Waals surface area contributed by atoms with Gasteiger partial charge < -0.3 is 4.90 Å². The highest BCUT2D eigenvalue weighted by atomic mass is 35.5. The van der Waals surface area contributed by atoms with Gasteiger partial charge in [0.2, 0.25) is 15.9 Å². The normalized spacial score (nSPS) is 20.4. The van der Waals surface area contributed by atoms with Gasteiger partial charge in [0.15, 0.2) is 0 Å². The third-order valence-corrected chi connectivity index (χ3v) is 6.04. The molecule has 2 rings (SSSR count). The summed E-state index contributed by atoms with van der Waals surface area (Å²) < 4.78 is 25.2. The molecule has 1 N–H and O–H groups in total. The molecule has 1 atom stereocenters. The van der Waals surface area contributed by atoms with Crippen LogP contribution in [0.2, 0.25) is 10.0 Å². The second-order valence-electron chi connectivity index (χ2n) is 5.82. The summed E-state index contributed by atoms with van der Waals surface area (Å²) in [7, 11) is -3.67. The van der Waals surface area contributed by atoms with Gasteiger partial charge in [-0.05, 0) is 38.0 Å². The number of hydrogen-bond donors (Lipinski definition) is 1. The molecule has 2 amide bonds. The van der Waals surface area contributed by atoms with Crippen LogP contribution in [0.1, 0.15) is 25.8 Å². The van der Waals surface area contributed by atoms with E-state index in [-0.39, 0.29) is 18.1 Å². The molecule has 1 unspecified atom stereocenters. The molecule has 0 aromatic heterocycles. The van der Waals surface area contributed by atoms with Crippen LogP contribution in [-0.2, 0) is 26.0 Å². The molecule has 1 aliphatic heterocycles. The smallest absolute Gasteiger partial charge is 0.259 e. The summed E-state index contributed by atoms with van der Waals surface area (Å²) in [5, 5.41) is 0.838. The van der Waals surface area contributed by atoms with Gasteiger partial charge in [-0.1, -0.05) is 29.3 Å². The molecular formula is C15H18Cl2N2O4S. The maximum atomic E-state index is 12.5. The lowest BCUT2D eigenvalue weighted by atomic mass is 9.85. The number of halogens is 2. The molecule has 1 aliphatic rings. The first-order valence-corrected chi connectivity index (χ1v) is 9.79. The molecule has 1 aromatic rings. The molecule has 1 aromatic carbocycles. The zero-order valence-electron chi connectivity index (χ0n) is 13.3. The Labute approximate surface area is 151 Å². The van der Waals surface area contributed by atoms with E-state index in [1.807, 2.05) is 4.72 Å². The van der Waals surface area contributed by atoms with Crippen LogP contribution in [0, 0.1) is 0 Å². The number of benzene rings is 1. The lowest BCUT2D eigenvalue weighted by Gasteiger charge is -2.49. The molecule has 0 radical (unpaired) electrons. The van der Waals surface area contributed by atoms with Gasteiger partial charge in [-0.25, -0.2) is 8.42 Å². The Hall–Kier alpha value is -1.31. The third kappa shape index (κ3) is 3.84. The van der Waals surface area contributed by atoms with Crippen molar-refractivity contribution < 1.29 is 18.0 Å². The fourth-order valence-electron chi connectivity index (χ4n) is 2.44. The standard InChI is InChI=1S/C15H18Cl2N2O4S/c1-3-24(22,23)18-14(21)15(2)6-7-19(15)13(20)8-10-4-5-11(16)9-12(10)17/h4-5,9H,3,6-8H2,1-2H3,(H,18,21). The fraction of sp³-hybridized carbons (Fsp3) is 0.467. The number of sulfonamides is 1. The van der Waals surface area contributed by atoms with Crippen molar-refractivity contribution in [3.63, 3.8) is 0 Å². The molecule has 132 valence electrons. The highest BCUT2D eigenvalue weighted by molar-refractivity contribution is 7.90. The van der Waals surface area contributed by atoms with Crippen LogP contribution in [0.5, 0.6) is 0 Å². The average Bonchev–Trinajstić information content (AvgIpc) is 2.47. The molecule has 1 heterocycles. The summed E-state index contributed by atoms with van der Waals surface area (Å²) in [5.41, 5.74) is -0.569. The monoisotopic (exact) mass is 392 g/mol. The van der Waals surface area contributed by atoms with E-state index in [4.69, 9.17) is 23.2 Å². The van der Waals surface area contributed by atoms with Gasteiger partial charge >= 0.3 is 0 Å². The Kier molecular flexibility index (Phi) is 5.47. The predicted octanol–water partition coefficient (Wildman–Crippen LogP) is 1.99. The summed E-state index contributed by atoms with van der Waals surface area (Å²) in [6, 6.07) is 4.83. The molecule has 9 heteroatoms. The van der Waals surface area contributed by atoms with Crippen LogP contribution in [0.15, 0.2) is 18.2 Å². The molecule has 6 nitrogen and oxygen atoms in total. The number of likely N-dealkylation sites (tertiary alicyclic amines) is 1. The minimum atomic E-state index is -3.67. The second kappa shape index (κ2) is 6.90. The van der Waals surface area contributed by atoms with Crippen molar-refractivity contribution in [2.75, 3.05) is 12.3 Å². The number of rotatable bonds is 5. The van der Waals surface area contributed by atoms with E-state index in [0.717, 1.165) is 0 Å². The SMILES string of the molecule is CCS(=O)(=O)NC(=O)C1(C)CCN1C(=O)Cc1ccc(Cl)cc1Cl. The highest BCUT2D eigenvalue weighted by Gasteiger charge is 2.50. The van der Waals surface area contributed by atoms with Crippen LogP contribution >= 0.6 is 23.2 Å². The number of hydrogen-bond acceptors (Lipinski definition) is 4. The first-order chi connectivity index (χ1) is 11.1. The summed E-state index contributed by atoms with van der Waals surface area (Å²) in [6.07, 6.45) is 0.414. The molecule has 1 saturated heterocycles. The van der Waals surface area contributed by atoms with Gasteiger partial charge in [0.1, 0.15) is 5.54 Å². The van der Waals surface area contributed by atoms with E-state index >= 15 is 0 Å². The van der Waals surface area contributed by atoms with Crippen molar-refractivity contribution in [2.24, 2.45) is 0 Å². The van der Waals surface area contributed by atoms with Gasteiger partial charge in [0.05, 0.1) is 12.2 Å². The Balaban J connectivity index is 2.11. The lowest BCUT2D eigenvalue weighted by Crippen LogP contribution is -2.68. The van der Waals surface area contributed by atoms with Crippen LogP contribution in [-0.4, -0.2) is 43.0 Å². The lowest BCUT2D eigenvalue weighted by molar-refractivity contribution is -0.156. The molecule has 0 aliphatic carbocycles. The number of nitrogens with zero attached hydrogens (tertiary/aromatic N) is 1. The summed E-state index contributed by atoms with van der Waals surface area (Å²) in [5.74, 6) is -1.19. The molecule has 0 bridgehead atoms. The zero-order valence-corrected chi connectivity index (χ0v) is 15.6. The average molecular weight is 393 g/mol. The maximum Gasteiger partial charge on any atom is 0.259 e. The number of carbonyl (C=O) groups excluding carboxylic acids is 2. The van der Waals surface area contributed by atoms with Crippen molar-refractivity contribution in [1.82, 2.24) is 9.62 Å². The maximum absolute atomic E-state index is 12.5. The molecule has 0 spiro atoms. The van der Waals surface area contributed by atoms with Crippen molar-refractivity contribution in [2.45, 2.75) is 32.2 Å². The van der Waals surface area contributed by atoms with Gasteiger partial charge in [0.25, 0.3) is 5.91 Å². The first kappa shape index (κ1) is 19.0. The summed E-state index contributed by atoms with van der Waals surface area (Å²) in [6.45, 7) is 3.38. The van der Waals surface area contributed by atoms with Crippen LogP contribution in [0.3, 0.4) is 0 Å². The van der Waals surface area contributed by atoms with E-state index < -0.39 is 21.5 Å². The predicted molar refractivity (Wildman–Crippen MR) is 92.5 cm³/mol. The Morgan fingerprint density at radius 2 is 2.00 bits per heavy atom. The fourth-order valence-corrected chi connectivity index (χ4v) is 3.56. The van der Waals surface area contributed by atoms with Gasteiger partial charge in [-0.3, -0.25) is 14.3 Å².